The van der Waals surface area contributed by atoms with E-state index in [0.29, 0.717) is 15.7 Å². The van der Waals surface area contributed by atoms with Crippen molar-refractivity contribution in [3.05, 3.63) is 21.8 Å². The topological polar surface area (TPSA) is 114 Å². The summed E-state index contributed by atoms with van der Waals surface area (Å²) >= 11 is 2.78. The highest BCUT2D eigenvalue weighted by molar-refractivity contribution is 7.99. The predicted molar refractivity (Wildman–Crippen MR) is 115 cm³/mol. The first-order chi connectivity index (χ1) is 14.1. The summed E-state index contributed by atoms with van der Waals surface area (Å²) in [6.45, 7) is 0. The molecule has 2 aromatic rings. The number of primary amides is 1. The lowest BCUT2D eigenvalue weighted by Gasteiger charge is -2.11. The van der Waals surface area contributed by atoms with Crippen LogP contribution in [0.4, 0.5) is 5.00 Å². The van der Waals surface area contributed by atoms with Crippen molar-refractivity contribution in [3.63, 3.8) is 0 Å². The van der Waals surface area contributed by atoms with Crippen molar-refractivity contribution in [2.75, 3.05) is 11.1 Å². The van der Waals surface area contributed by atoms with Gasteiger partial charge in [-0.05, 0) is 43.6 Å². The molecule has 29 heavy (non-hydrogen) atoms. The molecule has 0 bridgehead atoms. The largest absolute Gasteiger partial charge is 0.365 e. The number of nitrogens with zero attached hydrogens (tertiary/aromatic N) is 2. The van der Waals surface area contributed by atoms with Gasteiger partial charge in [0.05, 0.1) is 11.3 Å². The smallest absolute Gasteiger partial charge is 0.251 e. The standard InChI is InChI=1S/C20H27N5O2S2/c21-18(27)17-13-7-3-4-8-14(13)29-19(17)23-16(26)11-28-20-22-15(24-25-20)10-9-12-5-1-2-6-12/h12H,1-11H2,(H2,21,27)(H,23,26)(H,22,24,25). The van der Waals surface area contributed by atoms with E-state index in [1.807, 2.05) is 0 Å². The molecule has 7 nitrogen and oxygen atoms in total. The van der Waals surface area contributed by atoms with E-state index in [-0.39, 0.29) is 11.7 Å². The predicted octanol–water partition coefficient (Wildman–Crippen LogP) is 3.70. The van der Waals surface area contributed by atoms with Gasteiger partial charge in [-0.1, -0.05) is 37.4 Å². The number of thioether (sulfide) groups is 1. The minimum absolute atomic E-state index is 0.173. The molecule has 2 aromatic heterocycles. The molecule has 4 N–H and O–H groups in total. The summed E-state index contributed by atoms with van der Waals surface area (Å²) in [5.74, 6) is 1.27. The van der Waals surface area contributed by atoms with Crippen molar-refractivity contribution in [2.45, 2.75) is 69.4 Å². The van der Waals surface area contributed by atoms with Crippen LogP contribution in [0.25, 0.3) is 0 Å². The summed E-state index contributed by atoms with van der Waals surface area (Å²) in [6, 6.07) is 0. The van der Waals surface area contributed by atoms with Crippen LogP contribution in [0.15, 0.2) is 5.16 Å². The number of carbonyl (C=O) groups excluding carboxylic acids is 2. The molecule has 1 saturated carbocycles. The molecule has 156 valence electrons. The molecule has 0 aliphatic heterocycles. The zero-order valence-corrected chi connectivity index (χ0v) is 18.1. The first kappa shape index (κ1) is 20.4. The monoisotopic (exact) mass is 433 g/mol. The number of hydrogen-bond acceptors (Lipinski definition) is 6. The Labute approximate surface area is 178 Å². The molecule has 0 unspecified atom stereocenters. The molecule has 4 rings (SSSR count). The molecule has 1 fully saturated rings. The molecule has 0 atom stereocenters. The number of amides is 2. The van der Waals surface area contributed by atoms with Crippen LogP contribution < -0.4 is 11.1 Å². The first-order valence-electron chi connectivity index (χ1n) is 10.4. The van der Waals surface area contributed by atoms with Gasteiger partial charge in [-0.25, -0.2) is 4.98 Å². The second kappa shape index (κ2) is 9.30. The van der Waals surface area contributed by atoms with E-state index in [1.54, 1.807) is 0 Å². The maximum absolute atomic E-state index is 12.4. The quantitative estimate of drug-likeness (QED) is 0.549. The van der Waals surface area contributed by atoms with E-state index in [9.17, 15) is 9.59 Å². The molecule has 2 aliphatic carbocycles. The summed E-state index contributed by atoms with van der Waals surface area (Å²) < 4.78 is 0. The molecular weight excluding hydrogens is 406 g/mol. The Morgan fingerprint density at radius 3 is 2.79 bits per heavy atom. The van der Waals surface area contributed by atoms with Crippen LogP contribution in [0.2, 0.25) is 0 Å². The molecular formula is C20H27N5O2S2. The van der Waals surface area contributed by atoms with Gasteiger partial charge in [-0.15, -0.1) is 16.4 Å². The third kappa shape index (κ3) is 5.01. The number of nitrogens with two attached hydrogens (primary N) is 1. The normalized spacial score (nSPS) is 16.7. The van der Waals surface area contributed by atoms with Gasteiger partial charge < -0.3 is 11.1 Å². The third-order valence-corrected chi connectivity index (χ3v) is 7.83. The lowest BCUT2D eigenvalue weighted by atomic mass is 9.95. The van der Waals surface area contributed by atoms with Crippen LogP contribution in [0.3, 0.4) is 0 Å². The van der Waals surface area contributed by atoms with Crippen molar-refractivity contribution >= 4 is 39.9 Å². The molecule has 0 radical (unpaired) electrons. The van der Waals surface area contributed by atoms with Crippen molar-refractivity contribution in [1.82, 2.24) is 15.2 Å². The summed E-state index contributed by atoms with van der Waals surface area (Å²) in [4.78, 5) is 30.0. The number of aryl methyl sites for hydroxylation is 2. The number of thiophene rings is 1. The van der Waals surface area contributed by atoms with E-state index < -0.39 is 5.91 Å². The average Bonchev–Trinajstić information content (AvgIpc) is 3.43. The Bertz CT molecular complexity index is 886. The van der Waals surface area contributed by atoms with Gasteiger partial charge in [0.1, 0.15) is 10.8 Å². The van der Waals surface area contributed by atoms with Crippen LogP contribution in [-0.4, -0.2) is 32.7 Å². The SMILES string of the molecule is NC(=O)c1c(NC(=O)CSc2n[nH]c(CCC3CCCC3)n2)sc2c1CCCC2. The molecule has 2 heterocycles. The highest BCUT2D eigenvalue weighted by atomic mass is 32.2. The Kier molecular flexibility index (Phi) is 6.54. The Hall–Kier alpha value is -1.87. The zero-order chi connectivity index (χ0) is 20.2. The van der Waals surface area contributed by atoms with Crippen LogP contribution in [-0.2, 0) is 24.1 Å². The van der Waals surface area contributed by atoms with Gasteiger partial charge in [-0.3, -0.25) is 14.7 Å². The Balaban J connectivity index is 1.30. The fourth-order valence-corrected chi connectivity index (χ4v) is 6.23. The fraction of sp³-hybridized carbons (Fsp3) is 0.600. The van der Waals surface area contributed by atoms with Crippen LogP contribution in [0.5, 0.6) is 0 Å². The number of hydrogen-bond donors (Lipinski definition) is 3. The first-order valence-corrected chi connectivity index (χ1v) is 12.2. The Morgan fingerprint density at radius 2 is 2.00 bits per heavy atom. The molecule has 0 aromatic carbocycles. The van der Waals surface area contributed by atoms with Crippen molar-refractivity contribution in [3.8, 4) is 0 Å². The van der Waals surface area contributed by atoms with Crippen molar-refractivity contribution < 1.29 is 9.59 Å². The minimum atomic E-state index is -0.465. The van der Waals surface area contributed by atoms with Gasteiger partial charge in [0.25, 0.3) is 5.91 Å². The van der Waals surface area contributed by atoms with Crippen LogP contribution in [0.1, 0.15) is 71.6 Å². The second-order valence-electron chi connectivity index (χ2n) is 7.87. The highest BCUT2D eigenvalue weighted by Gasteiger charge is 2.25. The highest BCUT2D eigenvalue weighted by Crippen LogP contribution is 2.38. The number of fused-ring (bicyclic) bond motifs is 1. The van der Waals surface area contributed by atoms with Crippen molar-refractivity contribution in [1.29, 1.82) is 0 Å². The van der Waals surface area contributed by atoms with Gasteiger partial charge >= 0.3 is 0 Å². The summed E-state index contributed by atoms with van der Waals surface area (Å²) in [5, 5.41) is 11.3. The Morgan fingerprint density at radius 1 is 1.21 bits per heavy atom. The number of anilines is 1. The molecule has 2 amide bonds. The molecule has 0 saturated heterocycles. The molecule has 2 aliphatic rings. The van der Waals surface area contributed by atoms with Crippen LogP contribution >= 0.6 is 23.1 Å². The fourth-order valence-electron chi connectivity index (χ4n) is 4.30. The summed E-state index contributed by atoms with van der Waals surface area (Å²) in [6.07, 6.45) is 11.4. The zero-order valence-electron chi connectivity index (χ0n) is 16.5. The van der Waals surface area contributed by atoms with E-state index in [0.717, 1.165) is 55.8 Å². The maximum Gasteiger partial charge on any atom is 0.251 e. The van der Waals surface area contributed by atoms with E-state index in [1.165, 1.54) is 53.7 Å². The number of aromatic amines is 1. The van der Waals surface area contributed by atoms with Gasteiger partial charge in [-0.2, -0.15) is 0 Å². The number of aromatic nitrogens is 3. The lowest BCUT2D eigenvalue weighted by molar-refractivity contribution is -0.113. The van der Waals surface area contributed by atoms with Gasteiger partial charge in [0, 0.05) is 11.3 Å². The minimum Gasteiger partial charge on any atom is -0.365 e. The van der Waals surface area contributed by atoms with Crippen LogP contribution in [0, 0.1) is 5.92 Å². The van der Waals surface area contributed by atoms with E-state index >= 15 is 0 Å². The summed E-state index contributed by atoms with van der Waals surface area (Å²) in [5.41, 5.74) is 7.11. The average molecular weight is 434 g/mol. The number of rotatable bonds is 8. The molecule has 9 heteroatoms. The van der Waals surface area contributed by atoms with Gasteiger partial charge in [0.15, 0.2) is 0 Å². The maximum atomic E-state index is 12.4. The molecule has 0 spiro atoms. The summed E-state index contributed by atoms with van der Waals surface area (Å²) in [7, 11) is 0. The number of nitrogens with one attached hydrogen (secondary N) is 2. The lowest BCUT2D eigenvalue weighted by Crippen LogP contribution is -2.19. The third-order valence-electron chi connectivity index (χ3n) is 5.78. The number of carbonyl (C=O) groups is 2. The van der Waals surface area contributed by atoms with Gasteiger partial charge in [0.2, 0.25) is 11.1 Å². The second-order valence-corrected chi connectivity index (χ2v) is 9.92. The number of H-pyrrole nitrogens is 1. The van der Waals surface area contributed by atoms with E-state index in [2.05, 4.69) is 20.5 Å². The van der Waals surface area contributed by atoms with Crippen molar-refractivity contribution in [2.24, 2.45) is 11.7 Å². The van der Waals surface area contributed by atoms with E-state index in [4.69, 9.17) is 5.73 Å².